The fourth-order valence-electron chi connectivity index (χ4n) is 3.21. The van der Waals surface area contributed by atoms with E-state index in [9.17, 15) is 9.59 Å². The molecule has 0 bridgehead atoms. The fraction of sp³-hybridized carbons (Fsp3) is 0.300. The van der Waals surface area contributed by atoms with Gasteiger partial charge in [-0.05, 0) is 31.2 Å². The number of ether oxygens (including phenoxy) is 2. The van der Waals surface area contributed by atoms with Crippen LogP contribution in [0.4, 0.5) is 11.4 Å². The summed E-state index contributed by atoms with van der Waals surface area (Å²) in [6.07, 6.45) is 0.201. The Morgan fingerprint density at radius 3 is 2.58 bits per heavy atom. The van der Waals surface area contributed by atoms with Crippen LogP contribution < -0.4 is 19.7 Å². The number of fused-ring (bicyclic) bond motifs is 1. The summed E-state index contributed by atoms with van der Waals surface area (Å²) in [5.74, 6) is 0.736. The molecular formula is C20H20N2O4. The van der Waals surface area contributed by atoms with Crippen molar-refractivity contribution in [1.29, 1.82) is 0 Å². The van der Waals surface area contributed by atoms with Crippen molar-refractivity contribution < 1.29 is 19.1 Å². The number of benzene rings is 2. The minimum Gasteiger partial charge on any atom is -0.486 e. The van der Waals surface area contributed by atoms with Crippen molar-refractivity contribution in [2.75, 3.05) is 30.0 Å². The molecular weight excluding hydrogens is 332 g/mol. The van der Waals surface area contributed by atoms with E-state index in [4.69, 9.17) is 9.47 Å². The molecule has 1 fully saturated rings. The standard InChI is InChI=1S/C20H20N2O4/c1-13-2-4-15(5-3-13)21-20(24)14-10-19(23)22(12-14)16-6-7-17-18(11-16)26-9-8-25-17/h2-7,11,14H,8-10,12H2,1H3,(H,21,24). The van der Waals surface area contributed by atoms with Crippen LogP contribution >= 0.6 is 0 Å². The molecule has 2 aromatic carbocycles. The molecule has 0 radical (unpaired) electrons. The molecule has 6 nitrogen and oxygen atoms in total. The lowest BCUT2D eigenvalue weighted by molar-refractivity contribution is -0.122. The van der Waals surface area contributed by atoms with Crippen molar-refractivity contribution >= 4 is 23.2 Å². The van der Waals surface area contributed by atoms with E-state index in [1.54, 1.807) is 17.0 Å². The maximum Gasteiger partial charge on any atom is 0.229 e. The van der Waals surface area contributed by atoms with E-state index < -0.39 is 0 Å². The lowest BCUT2D eigenvalue weighted by Crippen LogP contribution is -2.28. The first-order valence-electron chi connectivity index (χ1n) is 8.68. The molecule has 2 aliphatic rings. The minimum absolute atomic E-state index is 0.0641. The molecule has 1 saturated heterocycles. The topological polar surface area (TPSA) is 67.9 Å². The van der Waals surface area contributed by atoms with Crippen LogP contribution in [0.15, 0.2) is 42.5 Å². The van der Waals surface area contributed by atoms with Gasteiger partial charge in [0.25, 0.3) is 0 Å². The summed E-state index contributed by atoms with van der Waals surface area (Å²) in [7, 11) is 0. The molecule has 0 aromatic heterocycles. The number of hydrogen-bond acceptors (Lipinski definition) is 4. The van der Waals surface area contributed by atoms with Gasteiger partial charge in [-0.15, -0.1) is 0 Å². The van der Waals surface area contributed by atoms with Gasteiger partial charge in [-0.1, -0.05) is 17.7 Å². The Balaban J connectivity index is 1.46. The van der Waals surface area contributed by atoms with Gasteiger partial charge in [0.2, 0.25) is 11.8 Å². The van der Waals surface area contributed by atoms with Crippen LogP contribution in [0.1, 0.15) is 12.0 Å². The Labute approximate surface area is 151 Å². The molecule has 2 heterocycles. The maximum atomic E-state index is 12.5. The van der Waals surface area contributed by atoms with Gasteiger partial charge < -0.3 is 19.7 Å². The third-order valence-corrected chi connectivity index (χ3v) is 4.65. The third kappa shape index (κ3) is 3.22. The maximum absolute atomic E-state index is 12.5. The minimum atomic E-state index is -0.378. The summed E-state index contributed by atoms with van der Waals surface area (Å²) >= 11 is 0. The molecule has 1 N–H and O–H groups in total. The van der Waals surface area contributed by atoms with E-state index in [1.165, 1.54) is 0 Å². The first-order valence-corrected chi connectivity index (χ1v) is 8.68. The number of rotatable bonds is 3. The molecule has 0 saturated carbocycles. The van der Waals surface area contributed by atoms with Crippen LogP contribution in [0.25, 0.3) is 0 Å². The normalized spacial score (nSPS) is 18.7. The molecule has 2 aromatic rings. The molecule has 2 aliphatic heterocycles. The molecule has 2 amide bonds. The summed E-state index contributed by atoms with van der Waals surface area (Å²) in [4.78, 5) is 26.6. The van der Waals surface area contributed by atoms with E-state index in [2.05, 4.69) is 5.32 Å². The second-order valence-corrected chi connectivity index (χ2v) is 6.59. The third-order valence-electron chi connectivity index (χ3n) is 4.65. The largest absolute Gasteiger partial charge is 0.486 e. The van der Waals surface area contributed by atoms with Crippen molar-refractivity contribution in [1.82, 2.24) is 0 Å². The lowest BCUT2D eigenvalue weighted by atomic mass is 10.1. The van der Waals surface area contributed by atoms with Crippen molar-refractivity contribution in [3.63, 3.8) is 0 Å². The van der Waals surface area contributed by atoms with Crippen molar-refractivity contribution in [3.05, 3.63) is 48.0 Å². The van der Waals surface area contributed by atoms with Crippen LogP contribution in [0.5, 0.6) is 11.5 Å². The molecule has 1 unspecified atom stereocenters. The first kappa shape index (κ1) is 16.4. The Kier molecular flexibility index (Phi) is 4.24. The number of hydrogen-bond donors (Lipinski definition) is 1. The predicted molar refractivity (Wildman–Crippen MR) is 97.7 cm³/mol. The Hall–Kier alpha value is -3.02. The number of nitrogens with zero attached hydrogens (tertiary/aromatic N) is 1. The zero-order valence-electron chi connectivity index (χ0n) is 14.5. The molecule has 134 valence electrons. The lowest BCUT2D eigenvalue weighted by Gasteiger charge is -2.22. The van der Waals surface area contributed by atoms with Gasteiger partial charge in [0, 0.05) is 30.4 Å². The van der Waals surface area contributed by atoms with E-state index in [0.29, 0.717) is 31.3 Å². The smallest absolute Gasteiger partial charge is 0.229 e. The van der Waals surface area contributed by atoms with E-state index in [1.807, 2.05) is 37.3 Å². The average Bonchev–Trinajstić information content (AvgIpc) is 3.05. The summed E-state index contributed by atoms with van der Waals surface area (Å²) in [5, 5.41) is 2.89. The average molecular weight is 352 g/mol. The van der Waals surface area contributed by atoms with Gasteiger partial charge in [0.05, 0.1) is 5.92 Å². The summed E-state index contributed by atoms with van der Waals surface area (Å²) < 4.78 is 11.1. The molecule has 1 atom stereocenters. The molecule has 0 aliphatic carbocycles. The monoisotopic (exact) mass is 352 g/mol. The molecule has 26 heavy (non-hydrogen) atoms. The zero-order chi connectivity index (χ0) is 18.1. The van der Waals surface area contributed by atoms with Crippen LogP contribution in [-0.2, 0) is 9.59 Å². The van der Waals surface area contributed by atoms with Crippen molar-refractivity contribution in [3.8, 4) is 11.5 Å². The number of aryl methyl sites for hydroxylation is 1. The first-order chi connectivity index (χ1) is 12.6. The number of carbonyl (C=O) groups is 2. The second kappa shape index (κ2) is 6.71. The van der Waals surface area contributed by atoms with Crippen LogP contribution in [0.2, 0.25) is 0 Å². The molecule has 4 rings (SSSR count). The molecule has 0 spiro atoms. The van der Waals surface area contributed by atoms with Gasteiger partial charge in [0.1, 0.15) is 13.2 Å². The van der Waals surface area contributed by atoms with E-state index >= 15 is 0 Å². The van der Waals surface area contributed by atoms with E-state index in [0.717, 1.165) is 16.9 Å². The number of amides is 2. The summed E-state index contributed by atoms with van der Waals surface area (Å²) in [5.41, 5.74) is 2.60. The van der Waals surface area contributed by atoms with Gasteiger partial charge in [-0.25, -0.2) is 0 Å². The second-order valence-electron chi connectivity index (χ2n) is 6.59. The highest BCUT2D eigenvalue weighted by molar-refractivity contribution is 6.03. The quantitative estimate of drug-likeness (QED) is 0.922. The van der Waals surface area contributed by atoms with Crippen LogP contribution in [0, 0.1) is 12.8 Å². The van der Waals surface area contributed by atoms with Crippen LogP contribution in [0.3, 0.4) is 0 Å². The number of nitrogens with one attached hydrogen (secondary N) is 1. The Bertz CT molecular complexity index is 847. The van der Waals surface area contributed by atoms with Gasteiger partial charge >= 0.3 is 0 Å². The zero-order valence-corrected chi connectivity index (χ0v) is 14.5. The van der Waals surface area contributed by atoms with Gasteiger partial charge in [0.15, 0.2) is 11.5 Å². The highest BCUT2D eigenvalue weighted by Gasteiger charge is 2.35. The van der Waals surface area contributed by atoms with Gasteiger partial charge in [-0.3, -0.25) is 9.59 Å². The van der Waals surface area contributed by atoms with Crippen molar-refractivity contribution in [2.45, 2.75) is 13.3 Å². The van der Waals surface area contributed by atoms with Crippen LogP contribution in [-0.4, -0.2) is 31.6 Å². The Morgan fingerprint density at radius 1 is 1.08 bits per heavy atom. The SMILES string of the molecule is Cc1ccc(NC(=O)C2CC(=O)N(c3ccc4c(c3)OCCO4)C2)cc1. The summed E-state index contributed by atoms with van der Waals surface area (Å²) in [6, 6.07) is 13.0. The predicted octanol–water partition coefficient (Wildman–Crippen LogP) is 2.76. The number of carbonyl (C=O) groups excluding carboxylic acids is 2. The van der Waals surface area contributed by atoms with E-state index in [-0.39, 0.29) is 24.2 Å². The molecule has 6 heteroatoms. The summed E-state index contributed by atoms with van der Waals surface area (Å²) in [6.45, 7) is 3.37. The van der Waals surface area contributed by atoms with Gasteiger partial charge in [-0.2, -0.15) is 0 Å². The fourth-order valence-corrected chi connectivity index (χ4v) is 3.21. The highest BCUT2D eigenvalue weighted by atomic mass is 16.6. The Morgan fingerprint density at radius 2 is 1.81 bits per heavy atom. The van der Waals surface area contributed by atoms with Crippen molar-refractivity contribution in [2.24, 2.45) is 5.92 Å². The highest BCUT2D eigenvalue weighted by Crippen LogP contribution is 2.36. The number of anilines is 2.